The number of hydrogen-bond donors (Lipinski definition) is 0. The Bertz CT molecular complexity index is 855. The molecule has 10 nitrogen and oxygen atoms in total. The third-order valence-electron chi connectivity index (χ3n) is 9.50. The summed E-state index contributed by atoms with van der Waals surface area (Å²) < 4.78 is 49.1. The second-order valence-corrected chi connectivity index (χ2v) is 25.0. The van der Waals surface area contributed by atoms with Crippen molar-refractivity contribution >= 4 is 28.6 Å². The zero-order valence-corrected chi connectivity index (χ0v) is 31.9. The van der Waals surface area contributed by atoms with Gasteiger partial charge in [0, 0.05) is 39.9 Å². The van der Waals surface area contributed by atoms with E-state index in [2.05, 4.69) is 67.7 Å². The quantitative estimate of drug-likeness (QED) is 0.120. The lowest BCUT2D eigenvalue weighted by Crippen LogP contribution is -2.55. The molecule has 12 heteroatoms. The fourth-order valence-corrected chi connectivity index (χ4v) is 7.59. The fourth-order valence-electron chi connectivity index (χ4n) is 4.91. The molecule has 0 saturated carbocycles. The minimum absolute atomic E-state index is 0.0176. The van der Waals surface area contributed by atoms with E-state index in [1.807, 2.05) is 13.8 Å². The number of unbranched alkanes of at least 4 members (excludes halogenated alkanes) is 1. The number of ether oxygens (including phenoxy) is 6. The van der Waals surface area contributed by atoms with Crippen LogP contribution in [-0.4, -0.2) is 91.0 Å². The van der Waals surface area contributed by atoms with E-state index in [0.29, 0.717) is 26.1 Å². The third kappa shape index (κ3) is 11.4. The Morgan fingerprint density at radius 2 is 0.977 bits per heavy atom. The van der Waals surface area contributed by atoms with Crippen molar-refractivity contribution in [2.45, 2.75) is 180 Å². The molecule has 2 aliphatic rings. The van der Waals surface area contributed by atoms with Crippen LogP contribution in [0.1, 0.15) is 94.9 Å². The molecule has 0 aromatic carbocycles. The van der Waals surface area contributed by atoms with Crippen LogP contribution in [0.25, 0.3) is 0 Å². The van der Waals surface area contributed by atoms with E-state index in [9.17, 15) is 9.59 Å². The first-order valence-electron chi connectivity index (χ1n) is 16.3. The van der Waals surface area contributed by atoms with Gasteiger partial charge >= 0.3 is 11.9 Å². The van der Waals surface area contributed by atoms with E-state index in [-0.39, 0.29) is 46.4 Å². The van der Waals surface area contributed by atoms with Crippen LogP contribution in [0.2, 0.25) is 36.3 Å². The molecule has 2 rings (SSSR count). The van der Waals surface area contributed by atoms with Gasteiger partial charge in [-0.25, -0.2) is 0 Å². The monoisotopic (exact) mass is 662 g/mol. The molecule has 0 amide bonds. The topological polar surface area (TPSA) is 108 Å². The van der Waals surface area contributed by atoms with Gasteiger partial charge in [-0.15, -0.1) is 0 Å². The van der Waals surface area contributed by atoms with Crippen LogP contribution in [0.4, 0.5) is 0 Å². The molecule has 0 unspecified atom stereocenters. The zero-order chi connectivity index (χ0) is 33.7. The molecular weight excluding hydrogens is 601 g/mol. The van der Waals surface area contributed by atoms with Gasteiger partial charge in [-0.05, 0) is 63.0 Å². The Labute approximate surface area is 268 Å². The summed E-state index contributed by atoms with van der Waals surface area (Å²) in [6, 6.07) is 0. The summed E-state index contributed by atoms with van der Waals surface area (Å²) in [6.07, 6.45) is -0.569. The number of hydrogen-bond acceptors (Lipinski definition) is 10. The third-order valence-corrected chi connectivity index (χ3v) is 18.5. The summed E-state index contributed by atoms with van der Waals surface area (Å²) in [5, 5.41) is 0.0352. The SMILES string of the molecule is CC(=O)O[C@H]1[C@H](C)O[C@@H](OCCCCO[C@H]2C[C@H](O[Si](C)(C)C(C)(C)C)[C@@H](OC(C)=O)[C@H](C)O2)C[C@@H]1O[Si](C)(C)C(C)(C)C. The van der Waals surface area contributed by atoms with Gasteiger partial charge in [-0.1, -0.05) is 41.5 Å². The molecule has 0 N–H and O–H groups in total. The standard InChI is InChI=1S/C32H62O10Si2/c1-21-29(39-23(3)33)25(41-43(11,12)31(5,6)7)19-27(37-21)35-17-15-16-18-36-28-20-26(42-44(13,14)32(8,9)10)30(22(2)38-28)40-24(4)34/h21-22,25-30H,15-20H2,1-14H3/t21-,22-,25-,26-,27+,28+,29-,30-/m0/s1. The molecule has 0 aromatic rings. The van der Waals surface area contributed by atoms with Crippen molar-refractivity contribution in [1.82, 2.24) is 0 Å². The Balaban J connectivity index is 1.89. The van der Waals surface area contributed by atoms with Crippen molar-refractivity contribution in [3.05, 3.63) is 0 Å². The van der Waals surface area contributed by atoms with Crippen LogP contribution in [0, 0.1) is 0 Å². The van der Waals surface area contributed by atoms with E-state index in [1.54, 1.807) is 0 Å². The van der Waals surface area contributed by atoms with Crippen LogP contribution in [0.15, 0.2) is 0 Å². The van der Waals surface area contributed by atoms with Crippen molar-refractivity contribution in [2.75, 3.05) is 13.2 Å². The lowest BCUT2D eigenvalue weighted by atomic mass is 10.0. The van der Waals surface area contributed by atoms with Crippen molar-refractivity contribution in [3.8, 4) is 0 Å². The van der Waals surface area contributed by atoms with Gasteiger partial charge in [0.05, 0.1) is 24.4 Å². The molecule has 258 valence electrons. The summed E-state index contributed by atoms with van der Waals surface area (Å²) in [4.78, 5) is 23.7. The van der Waals surface area contributed by atoms with Crippen LogP contribution in [0.5, 0.6) is 0 Å². The highest BCUT2D eigenvalue weighted by molar-refractivity contribution is 6.74. The van der Waals surface area contributed by atoms with E-state index in [1.165, 1.54) is 13.8 Å². The predicted molar refractivity (Wildman–Crippen MR) is 174 cm³/mol. The van der Waals surface area contributed by atoms with Crippen molar-refractivity contribution in [1.29, 1.82) is 0 Å². The molecule has 2 saturated heterocycles. The van der Waals surface area contributed by atoms with E-state index in [4.69, 9.17) is 37.3 Å². The Kier molecular flexibility index (Phi) is 14.1. The second-order valence-electron chi connectivity index (χ2n) is 15.4. The molecule has 0 aliphatic carbocycles. The molecule has 2 fully saturated rings. The Hall–Kier alpha value is -0.866. The van der Waals surface area contributed by atoms with E-state index < -0.39 is 41.4 Å². The van der Waals surface area contributed by atoms with Crippen molar-refractivity contribution < 1.29 is 46.9 Å². The number of carbonyl (C=O) groups excluding carboxylic acids is 2. The van der Waals surface area contributed by atoms with Gasteiger partial charge in [0.2, 0.25) is 0 Å². The highest BCUT2D eigenvalue weighted by atomic mass is 28.4. The second kappa shape index (κ2) is 15.8. The van der Waals surface area contributed by atoms with Crippen molar-refractivity contribution in [2.24, 2.45) is 0 Å². The first-order valence-corrected chi connectivity index (χ1v) is 22.1. The summed E-state index contributed by atoms with van der Waals surface area (Å²) in [7, 11) is -4.23. The summed E-state index contributed by atoms with van der Waals surface area (Å²) in [5.41, 5.74) is 0. The maximum Gasteiger partial charge on any atom is 0.303 e. The molecule has 2 aliphatic heterocycles. The van der Waals surface area contributed by atoms with Gasteiger partial charge in [-0.2, -0.15) is 0 Å². The lowest BCUT2D eigenvalue weighted by molar-refractivity contribution is -0.252. The van der Waals surface area contributed by atoms with Crippen LogP contribution in [-0.2, 0) is 46.9 Å². The molecule has 44 heavy (non-hydrogen) atoms. The molecule has 0 spiro atoms. The van der Waals surface area contributed by atoms with Gasteiger partial charge in [0.15, 0.2) is 41.4 Å². The average molecular weight is 663 g/mol. The number of esters is 2. The summed E-state index contributed by atoms with van der Waals surface area (Å²) in [6.45, 7) is 29.6. The minimum Gasteiger partial charge on any atom is -0.457 e. The van der Waals surface area contributed by atoms with Gasteiger partial charge < -0.3 is 37.3 Å². The maximum absolute atomic E-state index is 11.8. The predicted octanol–water partition coefficient (Wildman–Crippen LogP) is 6.71. The highest BCUT2D eigenvalue weighted by Gasteiger charge is 2.48. The largest absolute Gasteiger partial charge is 0.457 e. The van der Waals surface area contributed by atoms with Gasteiger partial charge in [0.1, 0.15) is 0 Å². The highest BCUT2D eigenvalue weighted by Crippen LogP contribution is 2.41. The fraction of sp³-hybridized carbons (Fsp3) is 0.938. The molecule has 0 bridgehead atoms. The van der Waals surface area contributed by atoms with E-state index >= 15 is 0 Å². The van der Waals surface area contributed by atoms with E-state index in [0.717, 1.165) is 12.8 Å². The number of rotatable bonds is 13. The van der Waals surface area contributed by atoms with Crippen LogP contribution < -0.4 is 0 Å². The summed E-state index contributed by atoms with van der Waals surface area (Å²) >= 11 is 0. The summed E-state index contributed by atoms with van der Waals surface area (Å²) in [5.74, 6) is -0.686. The van der Waals surface area contributed by atoms with Crippen molar-refractivity contribution in [3.63, 3.8) is 0 Å². The Morgan fingerprint density at radius 1 is 0.659 bits per heavy atom. The number of carbonyl (C=O) groups is 2. The zero-order valence-electron chi connectivity index (χ0n) is 29.9. The minimum atomic E-state index is -2.12. The molecular formula is C32H62O10Si2. The molecule has 0 radical (unpaired) electrons. The van der Waals surface area contributed by atoms with Crippen LogP contribution >= 0.6 is 0 Å². The lowest BCUT2D eigenvalue weighted by Gasteiger charge is -2.45. The Morgan fingerprint density at radius 3 is 1.25 bits per heavy atom. The smallest absolute Gasteiger partial charge is 0.303 e. The first-order chi connectivity index (χ1) is 20.0. The molecule has 8 atom stereocenters. The molecule has 2 heterocycles. The molecule has 0 aromatic heterocycles. The normalized spacial score (nSPS) is 30.6. The average Bonchev–Trinajstić information content (AvgIpc) is 2.83. The van der Waals surface area contributed by atoms with Gasteiger partial charge in [0.25, 0.3) is 0 Å². The van der Waals surface area contributed by atoms with Crippen LogP contribution in [0.3, 0.4) is 0 Å². The van der Waals surface area contributed by atoms with Gasteiger partial charge in [-0.3, -0.25) is 9.59 Å². The first kappa shape index (κ1) is 39.3. The maximum atomic E-state index is 11.8.